The fraction of sp³-hybridized carbons (Fsp3) is 0.478. The number of pyridine rings is 1. The molecule has 1 amide bonds. The number of rotatable bonds is 13. The molecule has 10 nitrogen and oxygen atoms in total. The lowest BCUT2D eigenvalue weighted by Gasteiger charge is -2.14. The number of aromatic nitrogens is 3. The number of amides is 1. The molecule has 6 N–H and O–H groups in total. The van der Waals surface area contributed by atoms with Gasteiger partial charge in [0.05, 0.1) is 23.6 Å². The molecule has 0 aliphatic rings. The summed E-state index contributed by atoms with van der Waals surface area (Å²) in [7, 11) is 0. The first-order valence-electron chi connectivity index (χ1n) is 11.4. The molecule has 34 heavy (non-hydrogen) atoms. The Labute approximate surface area is 203 Å². The van der Waals surface area contributed by atoms with Crippen LogP contribution in [0.5, 0.6) is 0 Å². The van der Waals surface area contributed by atoms with Gasteiger partial charge in [-0.05, 0) is 19.0 Å². The van der Waals surface area contributed by atoms with E-state index in [1.54, 1.807) is 0 Å². The highest BCUT2D eigenvalue weighted by atomic mass is 32.2. The molecular formula is C23H33N7O3S. The van der Waals surface area contributed by atoms with Gasteiger partial charge >= 0.3 is 5.97 Å². The molecule has 184 valence electrons. The van der Waals surface area contributed by atoms with Crippen LogP contribution in [0.4, 0.5) is 5.82 Å². The van der Waals surface area contributed by atoms with Crippen LogP contribution in [0.2, 0.25) is 0 Å². The summed E-state index contributed by atoms with van der Waals surface area (Å²) in [6.07, 6.45) is 0.708. The standard InChI is InChI=1S/C23H33N7O3S/c1-3-26-13-19-29-20-21(16-7-4-5-8-18(16)28-22(20)25)30(19)10-6-9-27-23(32)17(24)14-34-12-11-33-15(2)31/h4-5,7-8,17,26H,3,6,9-14,24H2,1-2H3,(H2,25,28)(H,27,32)/t17-/m0/s1. The van der Waals surface area contributed by atoms with Crippen molar-refractivity contribution in [1.29, 1.82) is 0 Å². The number of ether oxygens (including phenoxy) is 1. The molecule has 3 rings (SSSR count). The van der Waals surface area contributed by atoms with E-state index in [4.69, 9.17) is 21.2 Å². The number of nitrogens with two attached hydrogens (primary N) is 2. The maximum atomic E-state index is 12.3. The van der Waals surface area contributed by atoms with Gasteiger partial charge in [0.1, 0.15) is 17.9 Å². The normalized spacial score (nSPS) is 12.2. The van der Waals surface area contributed by atoms with Gasteiger partial charge in [0.2, 0.25) is 5.91 Å². The van der Waals surface area contributed by atoms with Crippen LogP contribution in [-0.2, 0) is 27.4 Å². The number of nitrogens with zero attached hydrogens (tertiary/aromatic N) is 3. The maximum absolute atomic E-state index is 12.3. The number of carbonyl (C=O) groups is 2. The van der Waals surface area contributed by atoms with Gasteiger partial charge in [0.25, 0.3) is 0 Å². The lowest BCUT2D eigenvalue weighted by atomic mass is 10.2. The molecule has 0 fully saturated rings. The Morgan fingerprint density at radius 2 is 2.06 bits per heavy atom. The molecule has 0 saturated carbocycles. The van der Waals surface area contributed by atoms with Crippen LogP contribution >= 0.6 is 11.8 Å². The third kappa shape index (κ3) is 6.58. The SMILES string of the molecule is CCNCc1nc2c(N)nc3ccccc3c2n1CCCNC(=O)[C@@H](N)CSCCOC(C)=O. The molecule has 2 heterocycles. The third-order valence-corrected chi connectivity index (χ3v) is 6.30. The first-order valence-corrected chi connectivity index (χ1v) is 12.6. The first kappa shape index (κ1) is 25.7. The first-order chi connectivity index (χ1) is 16.4. The summed E-state index contributed by atoms with van der Waals surface area (Å²) in [4.78, 5) is 32.4. The number of para-hydroxylation sites is 1. The monoisotopic (exact) mass is 487 g/mol. The number of nitrogen functional groups attached to an aromatic ring is 1. The van der Waals surface area contributed by atoms with E-state index in [1.165, 1.54) is 18.7 Å². The second-order valence-electron chi connectivity index (χ2n) is 7.84. The number of anilines is 1. The largest absolute Gasteiger partial charge is 0.465 e. The van der Waals surface area contributed by atoms with Crippen LogP contribution in [0, 0.1) is 0 Å². The minimum atomic E-state index is -0.615. The number of aryl methyl sites for hydroxylation is 1. The number of imidazole rings is 1. The summed E-state index contributed by atoms with van der Waals surface area (Å²) in [6, 6.07) is 7.27. The van der Waals surface area contributed by atoms with Gasteiger partial charge in [-0.3, -0.25) is 9.59 Å². The average Bonchev–Trinajstić information content (AvgIpc) is 3.19. The molecule has 0 aliphatic heterocycles. The van der Waals surface area contributed by atoms with Crippen LogP contribution in [0.1, 0.15) is 26.1 Å². The Kier molecular flexibility index (Phi) is 9.49. The lowest BCUT2D eigenvalue weighted by molar-refractivity contribution is -0.140. The lowest BCUT2D eigenvalue weighted by Crippen LogP contribution is -2.42. The highest BCUT2D eigenvalue weighted by Gasteiger charge is 2.17. The number of benzene rings is 1. The van der Waals surface area contributed by atoms with Crippen LogP contribution in [0.15, 0.2) is 24.3 Å². The predicted octanol–water partition coefficient (Wildman–Crippen LogP) is 1.41. The second-order valence-corrected chi connectivity index (χ2v) is 8.99. The average molecular weight is 488 g/mol. The molecule has 0 unspecified atom stereocenters. The summed E-state index contributed by atoms with van der Waals surface area (Å²) in [5, 5.41) is 7.24. The van der Waals surface area contributed by atoms with Crippen LogP contribution in [-0.4, -0.2) is 63.7 Å². The van der Waals surface area contributed by atoms with E-state index in [-0.39, 0.29) is 11.9 Å². The fourth-order valence-corrected chi connectivity index (χ4v) is 4.40. The van der Waals surface area contributed by atoms with Crippen molar-refractivity contribution in [3.05, 3.63) is 30.1 Å². The van der Waals surface area contributed by atoms with E-state index in [0.717, 1.165) is 28.8 Å². The molecule has 0 saturated heterocycles. The summed E-state index contributed by atoms with van der Waals surface area (Å²) < 4.78 is 7.03. The molecule has 11 heteroatoms. The van der Waals surface area contributed by atoms with Crippen LogP contribution in [0.3, 0.4) is 0 Å². The Balaban J connectivity index is 1.62. The van der Waals surface area contributed by atoms with Gasteiger partial charge in [0, 0.05) is 36.9 Å². The fourth-order valence-electron chi connectivity index (χ4n) is 3.63. The van der Waals surface area contributed by atoms with E-state index in [1.807, 2.05) is 31.2 Å². The van der Waals surface area contributed by atoms with Crippen molar-refractivity contribution in [3.63, 3.8) is 0 Å². The number of thioether (sulfide) groups is 1. The van der Waals surface area contributed by atoms with Crippen molar-refractivity contribution >= 4 is 51.4 Å². The van der Waals surface area contributed by atoms with Crippen LogP contribution < -0.4 is 22.1 Å². The van der Waals surface area contributed by atoms with Crippen molar-refractivity contribution in [2.24, 2.45) is 5.73 Å². The molecular weight excluding hydrogens is 454 g/mol. The Morgan fingerprint density at radius 3 is 2.82 bits per heavy atom. The quantitative estimate of drug-likeness (QED) is 0.207. The summed E-state index contributed by atoms with van der Waals surface area (Å²) >= 11 is 1.48. The number of carbonyl (C=O) groups excluding carboxylic acids is 2. The smallest absolute Gasteiger partial charge is 0.302 e. The van der Waals surface area contributed by atoms with Gasteiger partial charge in [0.15, 0.2) is 5.82 Å². The highest BCUT2D eigenvalue weighted by molar-refractivity contribution is 7.99. The molecule has 3 aromatic rings. The molecule has 0 aliphatic carbocycles. The minimum Gasteiger partial charge on any atom is -0.465 e. The van der Waals surface area contributed by atoms with Gasteiger partial charge in [-0.25, -0.2) is 9.97 Å². The van der Waals surface area contributed by atoms with E-state index >= 15 is 0 Å². The van der Waals surface area contributed by atoms with E-state index < -0.39 is 6.04 Å². The number of esters is 1. The van der Waals surface area contributed by atoms with Crippen molar-refractivity contribution < 1.29 is 14.3 Å². The predicted molar refractivity (Wildman–Crippen MR) is 136 cm³/mol. The summed E-state index contributed by atoms with van der Waals surface area (Å²) in [6.45, 7) is 6.32. The van der Waals surface area contributed by atoms with Gasteiger partial charge in [-0.15, -0.1) is 0 Å². The minimum absolute atomic E-state index is 0.192. The van der Waals surface area contributed by atoms with Gasteiger partial charge in [-0.1, -0.05) is 25.1 Å². The van der Waals surface area contributed by atoms with Gasteiger partial charge < -0.3 is 31.4 Å². The van der Waals surface area contributed by atoms with E-state index in [9.17, 15) is 9.59 Å². The van der Waals surface area contributed by atoms with E-state index in [2.05, 4.69) is 20.2 Å². The van der Waals surface area contributed by atoms with Crippen LogP contribution in [0.25, 0.3) is 21.9 Å². The number of fused-ring (bicyclic) bond motifs is 3. The zero-order chi connectivity index (χ0) is 24.5. The highest BCUT2D eigenvalue weighted by Crippen LogP contribution is 2.29. The molecule has 0 bridgehead atoms. The van der Waals surface area contributed by atoms with Gasteiger partial charge in [-0.2, -0.15) is 11.8 Å². The molecule has 0 spiro atoms. The zero-order valence-electron chi connectivity index (χ0n) is 19.7. The number of hydrogen-bond donors (Lipinski definition) is 4. The Bertz CT molecular complexity index is 1130. The van der Waals surface area contributed by atoms with E-state index in [0.29, 0.717) is 55.5 Å². The molecule has 2 aromatic heterocycles. The Morgan fingerprint density at radius 1 is 1.26 bits per heavy atom. The maximum Gasteiger partial charge on any atom is 0.302 e. The van der Waals surface area contributed by atoms with Crippen molar-refractivity contribution in [3.8, 4) is 0 Å². The summed E-state index contributed by atoms with van der Waals surface area (Å²) in [5.41, 5.74) is 14.7. The number of hydrogen-bond acceptors (Lipinski definition) is 9. The van der Waals surface area contributed by atoms with Crippen molar-refractivity contribution in [2.75, 3.05) is 36.9 Å². The molecule has 0 radical (unpaired) electrons. The zero-order valence-corrected chi connectivity index (χ0v) is 20.5. The Hall–Kier alpha value is -2.89. The van der Waals surface area contributed by atoms with Crippen molar-refractivity contribution in [2.45, 2.75) is 39.4 Å². The molecule has 1 aromatic carbocycles. The molecule has 1 atom stereocenters. The number of nitrogens with one attached hydrogen (secondary N) is 2. The summed E-state index contributed by atoms with van der Waals surface area (Å²) in [5.74, 6) is 1.86. The third-order valence-electron chi connectivity index (χ3n) is 5.25. The van der Waals surface area contributed by atoms with Crippen molar-refractivity contribution in [1.82, 2.24) is 25.2 Å². The second kappa shape index (κ2) is 12.5. The topological polar surface area (TPSA) is 150 Å².